The number of rotatable bonds is 0. The van der Waals surface area contributed by atoms with E-state index in [4.69, 9.17) is 0 Å². The van der Waals surface area contributed by atoms with Crippen molar-refractivity contribution in [2.75, 3.05) is 13.1 Å². The molecule has 0 saturated carbocycles. The third-order valence-electron chi connectivity index (χ3n) is 1.91. The van der Waals surface area contributed by atoms with Crippen LogP contribution in [0.2, 0.25) is 0 Å². The molecule has 0 spiro atoms. The number of hydrogen-bond acceptors (Lipinski definition) is 2. The van der Waals surface area contributed by atoms with Gasteiger partial charge in [-0.2, -0.15) is 13.2 Å². The molecule has 0 N–H and O–H groups in total. The van der Waals surface area contributed by atoms with Gasteiger partial charge >= 0.3 is 6.18 Å². The quantitative estimate of drug-likeness (QED) is 0.537. The van der Waals surface area contributed by atoms with Gasteiger partial charge in [-0.1, -0.05) is 0 Å². The molecule has 0 aromatic rings. The first kappa shape index (κ1) is 9.15. The minimum atomic E-state index is -4.29. The maximum absolute atomic E-state index is 12.0. The second-order valence-corrected chi connectivity index (χ2v) is 2.74. The fourth-order valence-corrected chi connectivity index (χ4v) is 1.19. The summed E-state index contributed by atoms with van der Waals surface area (Å²) in [4.78, 5) is 10.8. The van der Waals surface area contributed by atoms with Crippen LogP contribution in [-0.4, -0.2) is 30.3 Å². The molecule has 70 valence electrons. The van der Waals surface area contributed by atoms with Crippen LogP contribution in [0.1, 0.15) is 6.42 Å². The molecular formula is C6H7F3NO2-. The van der Waals surface area contributed by atoms with E-state index in [0.717, 1.165) is 0 Å². The molecule has 1 aliphatic rings. The van der Waals surface area contributed by atoms with Crippen molar-refractivity contribution in [3.8, 4) is 0 Å². The number of hydrogen-bond donors (Lipinski definition) is 0. The Morgan fingerprint density at radius 3 is 2.33 bits per heavy atom. The summed E-state index contributed by atoms with van der Waals surface area (Å²) in [6.45, 7) is -0.557. The number of nitrogens with zero attached hydrogens (tertiary/aromatic N) is 1. The molecule has 1 saturated heterocycles. The monoisotopic (exact) mass is 182 g/mol. The fraction of sp³-hybridized carbons (Fsp3) is 0.833. The van der Waals surface area contributed by atoms with E-state index in [1.54, 1.807) is 0 Å². The number of carboxylic acid groups (broad SMARTS) is 1. The Labute approximate surface area is 66.8 Å². The molecule has 1 atom stereocenters. The third kappa shape index (κ3) is 1.80. The molecule has 1 rings (SSSR count). The normalized spacial score (nSPS) is 24.6. The molecular weight excluding hydrogens is 175 g/mol. The fourth-order valence-electron chi connectivity index (χ4n) is 1.19. The lowest BCUT2D eigenvalue weighted by Gasteiger charge is -2.19. The summed E-state index contributed by atoms with van der Waals surface area (Å²) in [6, 6.07) is 0. The van der Waals surface area contributed by atoms with E-state index in [2.05, 4.69) is 0 Å². The van der Waals surface area contributed by atoms with Crippen molar-refractivity contribution in [2.24, 2.45) is 5.92 Å². The van der Waals surface area contributed by atoms with Crippen LogP contribution in [0, 0.1) is 5.92 Å². The van der Waals surface area contributed by atoms with Gasteiger partial charge in [-0.05, 0) is 6.42 Å². The Morgan fingerprint density at radius 1 is 1.50 bits per heavy atom. The first-order valence-corrected chi connectivity index (χ1v) is 3.44. The predicted molar refractivity (Wildman–Crippen MR) is 31.1 cm³/mol. The van der Waals surface area contributed by atoms with Gasteiger partial charge in [0, 0.05) is 13.1 Å². The van der Waals surface area contributed by atoms with E-state index in [0.29, 0.717) is 4.90 Å². The third-order valence-corrected chi connectivity index (χ3v) is 1.91. The summed E-state index contributed by atoms with van der Waals surface area (Å²) in [5.41, 5.74) is 0. The van der Waals surface area contributed by atoms with E-state index < -0.39 is 24.7 Å². The van der Waals surface area contributed by atoms with Gasteiger partial charge in [0.15, 0.2) is 0 Å². The highest BCUT2D eigenvalue weighted by molar-refractivity contribution is 5.62. The van der Waals surface area contributed by atoms with Gasteiger partial charge < -0.3 is 14.8 Å². The summed E-state index contributed by atoms with van der Waals surface area (Å²) < 4.78 is 35.9. The number of likely N-dealkylation sites (tertiary alicyclic amines) is 1. The van der Waals surface area contributed by atoms with Gasteiger partial charge in [-0.3, -0.25) is 0 Å². The Balaban J connectivity index is 2.51. The lowest BCUT2D eigenvalue weighted by atomic mass is 10.1. The standard InChI is InChI=1S/C6H8F3NO2/c7-6(8,9)4-1-2-10(3-4)5(11)12/h4H,1-3H2,(H,11,12)/p-1. The van der Waals surface area contributed by atoms with Crippen LogP contribution in [0.5, 0.6) is 0 Å². The lowest BCUT2D eigenvalue weighted by Crippen LogP contribution is -2.40. The highest BCUT2D eigenvalue weighted by Crippen LogP contribution is 2.33. The van der Waals surface area contributed by atoms with E-state index in [1.165, 1.54) is 0 Å². The minimum Gasteiger partial charge on any atom is -0.530 e. The first-order chi connectivity index (χ1) is 5.41. The second-order valence-electron chi connectivity index (χ2n) is 2.74. The summed E-state index contributed by atoms with van der Waals surface area (Å²) in [5.74, 6) is -1.52. The van der Waals surface area contributed by atoms with Crippen LogP contribution in [0.4, 0.5) is 18.0 Å². The number of carbonyl (C=O) groups is 1. The van der Waals surface area contributed by atoms with Crippen molar-refractivity contribution in [1.29, 1.82) is 0 Å². The summed E-state index contributed by atoms with van der Waals surface area (Å²) in [6.07, 6.45) is -5.97. The van der Waals surface area contributed by atoms with E-state index in [1.807, 2.05) is 0 Å². The average Bonchev–Trinajstić information content (AvgIpc) is 2.30. The van der Waals surface area contributed by atoms with Gasteiger partial charge in [0.1, 0.15) is 6.09 Å². The molecule has 0 radical (unpaired) electrons. The Hall–Kier alpha value is -0.940. The Bertz CT molecular complexity index is 192. The zero-order chi connectivity index (χ0) is 9.35. The molecule has 3 nitrogen and oxygen atoms in total. The minimum absolute atomic E-state index is 0.0769. The van der Waals surface area contributed by atoms with Crippen molar-refractivity contribution in [2.45, 2.75) is 12.6 Å². The molecule has 1 unspecified atom stereocenters. The number of carbonyl (C=O) groups excluding carboxylic acids is 1. The highest BCUT2D eigenvalue weighted by Gasteiger charge is 2.43. The number of amides is 1. The SMILES string of the molecule is O=C([O-])N1CCC(C(F)(F)F)C1. The van der Waals surface area contributed by atoms with E-state index >= 15 is 0 Å². The van der Waals surface area contributed by atoms with Gasteiger partial charge in [0.05, 0.1) is 5.92 Å². The van der Waals surface area contributed by atoms with Gasteiger partial charge in [-0.25, -0.2) is 0 Å². The molecule has 12 heavy (non-hydrogen) atoms. The molecule has 1 aliphatic heterocycles. The van der Waals surface area contributed by atoms with E-state index in [9.17, 15) is 23.1 Å². The summed E-state index contributed by atoms with van der Waals surface area (Å²) in [5, 5.41) is 10.1. The number of alkyl halides is 3. The van der Waals surface area contributed by atoms with Crippen molar-refractivity contribution < 1.29 is 23.1 Å². The van der Waals surface area contributed by atoms with Gasteiger partial charge in [-0.15, -0.1) is 0 Å². The first-order valence-electron chi connectivity index (χ1n) is 3.44. The van der Waals surface area contributed by atoms with Crippen LogP contribution in [0.25, 0.3) is 0 Å². The van der Waals surface area contributed by atoms with Gasteiger partial charge in [0.25, 0.3) is 0 Å². The molecule has 0 aromatic carbocycles. The molecule has 1 amide bonds. The van der Waals surface area contributed by atoms with Crippen molar-refractivity contribution in [3.05, 3.63) is 0 Å². The van der Waals surface area contributed by atoms with Crippen molar-refractivity contribution in [3.63, 3.8) is 0 Å². The van der Waals surface area contributed by atoms with Crippen LogP contribution in [0.3, 0.4) is 0 Å². The van der Waals surface area contributed by atoms with E-state index in [-0.39, 0.29) is 13.0 Å². The average molecular weight is 182 g/mol. The molecule has 0 aliphatic carbocycles. The van der Waals surface area contributed by atoms with Crippen molar-refractivity contribution in [1.82, 2.24) is 4.90 Å². The van der Waals surface area contributed by atoms with Gasteiger partial charge in [0.2, 0.25) is 0 Å². The van der Waals surface area contributed by atoms with Crippen molar-refractivity contribution >= 4 is 6.09 Å². The lowest BCUT2D eigenvalue weighted by molar-refractivity contribution is -0.265. The molecule has 1 heterocycles. The molecule has 1 fully saturated rings. The maximum Gasteiger partial charge on any atom is 0.393 e. The maximum atomic E-state index is 12.0. The molecule has 0 bridgehead atoms. The number of halogens is 3. The zero-order valence-electron chi connectivity index (χ0n) is 6.10. The molecule has 0 aromatic heterocycles. The van der Waals surface area contributed by atoms with Crippen LogP contribution in [-0.2, 0) is 0 Å². The van der Waals surface area contributed by atoms with Crippen LogP contribution < -0.4 is 5.11 Å². The molecule has 6 heteroatoms. The smallest absolute Gasteiger partial charge is 0.393 e. The zero-order valence-corrected chi connectivity index (χ0v) is 6.10. The Morgan fingerprint density at radius 2 is 2.08 bits per heavy atom. The van der Waals surface area contributed by atoms with Crippen LogP contribution >= 0.6 is 0 Å². The summed E-state index contributed by atoms with van der Waals surface area (Å²) in [7, 11) is 0. The predicted octanol–water partition coefficient (Wildman–Crippen LogP) is 0.214. The van der Waals surface area contributed by atoms with Crippen LogP contribution in [0.15, 0.2) is 0 Å². The highest BCUT2D eigenvalue weighted by atomic mass is 19.4. The second kappa shape index (κ2) is 2.84. The largest absolute Gasteiger partial charge is 0.530 e. The summed E-state index contributed by atoms with van der Waals surface area (Å²) >= 11 is 0. The Kier molecular flexibility index (Phi) is 2.16. The topological polar surface area (TPSA) is 43.4 Å².